The third-order valence-electron chi connectivity index (χ3n) is 2.55. The normalized spacial score (nSPS) is 10.8. The molecule has 0 aliphatic heterocycles. The molecule has 1 heterocycles. The van der Waals surface area contributed by atoms with Gasteiger partial charge in [0.1, 0.15) is 0 Å². The topological polar surface area (TPSA) is 12.9 Å². The highest BCUT2D eigenvalue weighted by atomic mass is 35.5. The fraction of sp³-hybridized carbons (Fsp3) is 0.214. The van der Waals surface area contributed by atoms with E-state index in [1.807, 2.05) is 36.5 Å². The third-order valence-corrected chi connectivity index (χ3v) is 2.80. The molecule has 2 rings (SSSR count). The van der Waals surface area contributed by atoms with E-state index in [0.717, 1.165) is 10.7 Å². The molecule has 0 fully saturated rings. The molecule has 0 aliphatic rings. The van der Waals surface area contributed by atoms with Crippen molar-refractivity contribution in [3.8, 4) is 11.1 Å². The highest BCUT2D eigenvalue weighted by molar-refractivity contribution is 6.30. The van der Waals surface area contributed by atoms with Crippen LogP contribution in [0.15, 0.2) is 42.6 Å². The lowest BCUT2D eigenvalue weighted by Crippen LogP contribution is -1.92. The zero-order valence-corrected chi connectivity index (χ0v) is 10.2. The van der Waals surface area contributed by atoms with Crippen molar-refractivity contribution >= 4 is 11.6 Å². The Kier molecular flexibility index (Phi) is 3.25. The van der Waals surface area contributed by atoms with Crippen LogP contribution in [0.3, 0.4) is 0 Å². The summed E-state index contributed by atoms with van der Waals surface area (Å²) in [5.41, 5.74) is 3.48. The first-order valence-electron chi connectivity index (χ1n) is 5.38. The van der Waals surface area contributed by atoms with Gasteiger partial charge in [0.05, 0.1) is 0 Å². The molecule has 1 nitrogen and oxygen atoms in total. The first-order chi connectivity index (χ1) is 7.66. The molecule has 0 spiro atoms. The van der Waals surface area contributed by atoms with E-state index in [2.05, 4.69) is 24.9 Å². The average Bonchev–Trinajstić information content (AvgIpc) is 2.30. The number of halogens is 1. The molecule has 0 unspecified atom stereocenters. The quantitative estimate of drug-likeness (QED) is 0.740. The number of nitrogens with zero attached hydrogens (tertiary/aromatic N) is 1. The van der Waals surface area contributed by atoms with Crippen molar-refractivity contribution in [2.45, 2.75) is 19.8 Å². The fourth-order valence-corrected chi connectivity index (χ4v) is 1.71. The fourth-order valence-electron chi connectivity index (χ4n) is 1.59. The van der Waals surface area contributed by atoms with Gasteiger partial charge in [-0.05, 0) is 41.3 Å². The Balaban J connectivity index is 2.40. The predicted molar refractivity (Wildman–Crippen MR) is 68.8 cm³/mol. The van der Waals surface area contributed by atoms with Gasteiger partial charge in [-0.2, -0.15) is 0 Å². The van der Waals surface area contributed by atoms with Gasteiger partial charge in [0.15, 0.2) is 0 Å². The van der Waals surface area contributed by atoms with Gasteiger partial charge in [0.25, 0.3) is 0 Å². The van der Waals surface area contributed by atoms with Gasteiger partial charge >= 0.3 is 0 Å². The van der Waals surface area contributed by atoms with E-state index in [1.165, 1.54) is 11.1 Å². The molecule has 82 valence electrons. The van der Waals surface area contributed by atoms with Crippen LogP contribution in [0.4, 0.5) is 0 Å². The molecule has 0 radical (unpaired) electrons. The summed E-state index contributed by atoms with van der Waals surface area (Å²) in [6.07, 6.45) is 1.86. The molecular formula is C14H14ClN. The molecule has 0 aliphatic carbocycles. The Morgan fingerprint density at radius 3 is 2.31 bits per heavy atom. The van der Waals surface area contributed by atoms with E-state index in [9.17, 15) is 0 Å². The van der Waals surface area contributed by atoms with E-state index in [-0.39, 0.29) is 0 Å². The summed E-state index contributed by atoms with van der Waals surface area (Å²) in [5.74, 6) is 0.451. The van der Waals surface area contributed by atoms with Gasteiger partial charge < -0.3 is 0 Å². The molecule has 0 bridgehead atoms. The van der Waals surface area contributed by atoms with Gasteiger partial charge in [-0.15, -0.1) is 0 Å². The van der Waals surface area contributed by atoms with Crippen molar-refractivity contribution in [1.29, 1.82) is 0 Å². The molecule has 1 aromatic carbocycles. The van der Waals surface area contributed by atoms with E-state index < -0.39 is 0 Å². The molecule has 0 saturated heterocycles. The van der Waals surface area contributed by atoms with Crippen LogP contribution in [-0.4, -0.2) is 4.98 Å². The summed E-state index contributed by atoms with van der Waals surface area (Å²) in [6, 6.07) is 12.0. The van der Waals surface area contributed by atoms with Crippen molar-refractivity contribution in [2.75, 3.05) is 0 Å². The predicted octanol–water partition coefficient (Wildman–Crippen LogP) is 4.53. The molecule has 2 heteroatoms. The van der Waals surface area contributed by atoms with E-state index in [1.54, 1.807) is 0 Å². The second-order valence-electron chi connectivity index (χ2n) is 4.13. The molecule has 0 saturated carbocycles. The largest absolute Gasteiger partial charge is 0.261 e. The average molecular weight is 232 g/mol. The van der Waals surface area contributed by atoms with Crippen molar-refractivity contribution in [1.82, 2.24) is 4.98 Å². The van der Waals surface area contributed by atoms with Gasteiger partial charge in [-0.25, -0.2) is 0 Å². The minimum Gasteiger partial charge on any atom is -0.261 e. The Morgan fingerprint density at radius 2 is 1.69 bits per heavy atom. The first-order valence-corrected chi connectivity index (χ1v) is 5.76. The monoisotopic (exact) mass is 231 g/mol. The van der Waals surface area contributed by atoms with Crippen LogP contribution in [0.2, 0.25) is 5.02 Å². The van der Waals surface area contributed by atoms with Crippen LogP contribution in [0.5, 0.6) is 0 Å². The number of aromatic nitrogens is 1. The Morgan fingerprint density at radius 1 is 1.00 bits per heavy atom. The SMILES string of the molecule is CC(C)c1cc(-c2ccc(Cl)cc2)ccn1. The summed E-state index contributed by atoms with van der Waals surface area (Å²) < 4.78 is 0. The second kappa shape index (κ2) is 4.67. The van der Waals surface area contributed by atoms with Crippen LogP contribution < -0.4 is 0 Å². The lowest BCUT2D eigenvalue weighted by molar-refractivity contribution is 0.823. The van der Waals surface area contributed by atoms with Crippen LogP contribution >= 0.6 is 11.6 Å². The summed E-state index contributed by atoms with van der Waals surface area (Å²) in [4.78, 5) is 4.36. The standard InChI is InChI=1S/C14H14ClN/c1-10(2)14-9-12(7-8-16-14)11-3-5-13(15)6-4-11/h3-10H,1-2H3. The smallest absolute Gasteiger partial charge is 0.0435 e. The van der Waals surface area contributed by atoms with Crippen molar-refractivity contribution < 1.29 is 0 Å². The highest BCUT2D eigenvalue weighted by Crippen LogP contribution is 2.23. The van der Waals surface area contributed by atoms with E-state index in [0.29, 0.717) is 5.92 Å². The second-order valence-corrected chi connectivity index (χ2v) is 4.57. The summed E-state index contributed by atoms with van der Waals surface area (Å²) >= 11 is 5.87. The van der Waals surface area contributed by atoms with Gasteiger partial charge in [0, 0.05) is 16.9 Å². The third kappa shape index (κ3) is 2.42. The highest BCUT2D eigenvalue weighted by Gasteiger charge is 2.03. The Bertz CT molecular complexity index is 474. The zero-order chi connectivity index (χ0) is 11.5. The summed E-state index contributed by atoms with van der Waals surface area (Å²) in [5, 5.41) is 0.766. The van der Waals surface area contributed by atoms with Crippen LogP contribution in [0, 0.1) is 0 Å². The van der Waals surface area contributed by atoms with Crippen LogP contribution in [0.25, 0.3) is 11.1 Å². The molecule has 2 aromatic rings. The number of hydrogen-bond donors (Lipinski definition) is 0. The number of rotatable bonds is 2. The molecule has 16 heavy (non-hydrogen) atoms. The van der Waals surface area contributed by atoms with Crippen molar-refractivity contribution in [3.05, 3.63) is 53.3 Å². The number of hydrogen-bond acceptors (Lipinski definition) is 1. The maximum atomic E-state index is 5.87. The number of benzene rings is 1. The van der Waals surface area contributed by atoms with E-state index in [4.69, 9.17) is 11.6 Å². The minimum absolute atomic E-state index is 0.451. The molecule has 1 aromatic heterocycles. The van der Waals surface area contributed by atoms with Gasteiger partial charge in [-0.1, -0.05) is 37.6 Å². The minimum atomic E-state index is 0.451. The van der Waals surface area contributed by atoms with Crippen LogP contribution in [0.1, 0.15) is 25.5 Å². The molecule has 0 amide bonds. The van der Waals surface area contributed by atoms with Gasteiger partial charge in [0.2, 0.25) is 0 Å². The maximum Gasteiger partial charge on any atom is 0.0435 e. The molecule has 0 atom stereocenters. The van der Waals surface area contributed by atoms with Crippen LogP contribution in [-0.2, 0) is 0 Å². The number of pyridine rings is 1. The Hall–Kier alpha value is -1.34. The summed E-state index contributed by atoms with van der Waals surface area (Å²) in [6.45, 7) is 4.29. The Labute approximate surface area is 101 Å². The molecular weight excluding hydrogens is 218 g/mol. The lowest BCUT2D eigenvalue weighted by atomic mass is 10.0. The first kappa shape index (κ1) is 11.2. The van der Waals surface area contributed by atoms with Gasteiger partial charge in [-0.3, -0.25) is 4.98 Å². The summed E-state index contributed by atoms with van der Waals surface area (Å²) in [7, 11) is 0. The van der Waals surface area contributed by atoms with Crippen molar-refractivity contribution in [3.63, 3.8) is 0 Å². The van der Waals surface area contributed by atoms with E-state index >= 15 is 0 Å². The molecule has 0 N–H and O–H groups in total. The maximum absolute atomic E-state index is 5.87. The van der Waals surface area contributed by atoms with Crippen molar-refractivity contribution in [2.24, 2.45) is 0 Å². The lowest BCUT2D eigenvalue weighted by Gasteiger charge is -2.07. The zero-order valence-electron chi connectivity index (χ0n) is 9.44.